The molecule has 1 aromatic carbocycles. The summed E-state index contributed by atoms with van der Waals surface area (Å²) in [5.41, 5.74) is 1.92. The molecule has 0 aliphatic rings. The van der Waals surface area contributed by atoms with E-state index in [1.54, 1.807) is 24.3 Å². The number of nitriles is 2. The van der Waals surface area contributed by atoms with Crippen LogP contribution in [0.1, 0.15) is 11.1 Å². The van der Waals surface area contributed by atoms with Gasteiger partial charge >= 0.3 is 0 Å². The first kappa shape index (κ1) is 11.4. The van der Waals surface area contributed by atoms with Crippen LogP contribution >= 0.6 is 0 Å². The molecule has 0 radical (unpaired) electrons. The maximum absolute atomic E-state index is 8.89. The smallest absolute Gasteiger partial charge is 0.133 e. The van der Waals surface area contributed by atoms with Crippen molar-refractivity contribution in [2.45, 2.75) is 0 Å². The zero-order chi connectivity index (χ0) is 12.0. The Kier molecular flexibility index (Phi) is 3.77. The average Bonchev–Trinajstić information content (AvgIpc) is 2.35. The lowest BCUT2D eigenvalue weighted by Gasteiger charge is -2.01. The van der Waals surface area contributed by atoms with Crippen molar-refractivity contribution in [2.24, 2.45) is 4.99 Å². The highest BCUT2D eigenvalue weighted by molar-refractivity contribution is 6.10. The molecule has 16 heavy (non-hydrogen) atoms. The lowest BCUT2D eigenvalue weighted by Crippen LogP contribution is -1.89. The predicted molar refractivity (Wildman–Crippen MR) is 63.4 cm³/mol. The summed E-state index contributed by atoms with van der Waals surface area (Å²) in [4.78, 5) is 3.80. The van der Waals surface area contributed by atoms with Crippen LogP contribution in [-0.4, -0.2) is 6.21 Å². The summed E-state index contributed by atoms with van der Waals surface area (Å²) >= 11 is 0. The summed E-state index contributed by atoms with van der Waals surface area (Å²) in [7, 11) is 0. The van der Waals surface area contributed by atoms with Crippen LogP contribution in [0.2, 0.25) is 0 Å². The zero-order valence-electron chi connectivity index (χ0n) is 8.64. The molecule has 0 unspecified atom stereocenters. The van der Waals surface area contributed by atoms with Gasteiger partial charge in [-0.1, -0.05) is 31.4 Å². The van der Waals surface area contributed by atoms with Crippen molar-refractivity contribution >= 4 is 11.8 Å². The molecule has 0 heterocycles. The number of aliphatic imine (C=N–C) groups is 1. The van der Waals surface area contributed by atoms with Gasteiger partial charge in [-0.3, -0.25) is 0 Å². The molecule has 0 fully saturated rings. The minimum absolute atomic E-state index is 0.107. The SMILES string of the molecule is C=C(C#N)N=CC(=C)c1ccccc1C#N. The third kappa shape index (κ3) is 2.67. The van der Waals surface area contributed by atoms with Gasteiger partial charge < -0.3 is 0 Å². The van der Waals surface area contributed by atoms with Gasteiger partial charge in [-0.2, -0.15) is 10.5 Å². The normalized spacial score (nSPS) is 9.38. The van der Waals surface area contributed by atoms with E-state index in [4.69, 9.17) is 10.5 Å². The van der Waals surface area contributed by atoms with Crippen molar-refractivity contribution in [1.82, 2.24) is 0 Å². The maximum atomic E-state index is 8.89. The van der Waals surface area contributed by atoms with Crippen LogP contribution in [0.5, 0.6) is 0 Å². The van der Waals surface area contributed by atoms with Crippen LogP contribution in [0.25, 0.3) is 5.57 Å². The van der Waals surface area contributed by atoms with Crippen LogP contribution in [0.15, 0.2) is 48.1 Å². The Bertz CT molecular complexity index is 539. The van der Waals surface area contributed by atoms with Gasteiger partial charge in [0.1, 0.15) is 11.8 Å². The zero-order valence-corrected chi connectivity index (χ0v) is 8.64. The van der Waals surface area contributed by atoms with Gasteiger partial charge in [0.2, 0.25) is 0 Å². The van der Waals surface area contributed by atoms with Gasteiger partial charge in [0.05, 0.1) is 11.6 Å². The first-order chi connectivity index (χ1) is 7.69. The Hall–Kier alpha value is -2.65. The number of nitrogens with zero attached hydrogens (tertiary/aromatic N) is 3. The van der Waals surface area contributed by atoms with Crippen LogP contribution < -0.4 is 0 Å². The molecule has 3 heteroatoms. The molecule has 0 bridgehead atoms. The third-order valence-electron chi connectivity index (χ3n) is 1.90. The van der Waals surface area contributed by atoms with Crippen LogP contribution in [0.4, 0.5) is 0 Å². The number of benzene rings is 1. The molecule has 0 aliphatic carbocycles. The first-order valence-corrected chi connectivity index (χ1v) is 4.50. The fraction of sp³-hybridized carbons (Fsp3) is 0. The number of allylic oxidation sites excluding steroid dienone is 2. The van der Waals surface area contributed by atoms with Crippen molar-refractivity contribution in [2.75, 3.05) is 0 Å². The van der Waals surface area contributed by atoms with Gasteiger partial charge in [-0.25, -0.2) is 4.99 Å². The van der Waals surface area contributed by atoms with Gasteiger partial charge in [0.15, 0.2) is 0 Å². The highest BCUT2D eigenvalue weighted by Gasteiger charge is 2.02. The molecule has 0 saturated carbocycles. The van der Waals surface area contributed by atoms with Crippen LogP contribution in [0, 0.1) is 22.7 Å². The minimum Gasteiger partial charge on any atom is -0.246 e. The highest BCUT2D eigenvalue weighted by atomic mass is 14.7. The van der Waals surface area contributed by atoms with E-state index in [0.717, 1.165) is 0 Å². The van der Waals surface area contributed by atoms with Crippen LogP contribution in [0.3, 0.4) is 0 Å². The number of hydrogen-bond acceptors (Lipinski definition) is 3. The molecule has 1 rings (SSSR count). The molecule has 0 atom stereocenters. The summed E-state index contributed by atoms with van der Waals surface area (Å²) in [6.45, 7) is 7.21. The average molecular weight is 207 g/mol. The molecule has 0 aromatic heterocycles. The van der Waals surface area contributed by atoms with Gasteiger partial charge in [0, 0.05) is 11.8 Å². The Labute approximate surface area is 94.3 Å². The fourth-order valence-electron chi connectivity index (χ4n) is 1.11. The molecule has 76 valence electrons. The van der Waals surface area contributed by atoms with Crippen molar-refractivity contribution in [3.8, 4) is 12.1 Å². The molecule has 1 aromatic rings. The summed E-state index contributed by atoms with van der Waals surface area (Å²) in [6, 6.07) is 10.9. The highest BCUT2D eigenvalue weighted by Crippen LogP contribution is 2.15. The van der Waals surface area contributed by atoms with E-state index in [2.05, 4.69) is 24.2 Å². The molecule has 0 saturated heterocycles. The van der Waals surface area contributed by atoms with E-state index in [1.807, 2.05) is 6.07 Å². The van der Waals surface area contributed by atoms with Crippen molar-refractivity contribution in [3.63, 3.8) is 0 Å². The van der Waals surface area contributed by atoms with Crippen molar-refractivity contribution < 1.29 is 0 Å². The summed E-state index contributed by atoms with van der Waals surface area (Å²) in [5.74, 6) is 0. The lowest BCUT2D eigenvalue weighted by atomic mass is 10.0. The second kappa shape index (κ2) is 5.29. The monoisotopic (exact) mass is 207 g/mol. The molecular formula is C13H9N3. The molecular weight excluding hydrogens is 198 g/mol. The summed E-state index contributed by atoms with van der Waals surface area (Å²) < 4.78 is 0. The van der Waals surface area contributed by atoms with E-state index in [1.165, 1.54) is 6.21 Å². The largest absolute Gasteiger partial charge is 0.246 e. The van der Waals surface area contributed by atoms with E-state index in [9.17, 15) is 0 Å². The second-order valence-corrected chi connectivity index (χ2v) is 3.00. The first-order valence-electron chi connectivity index (χ1n) is 4.50. The van der Waals surface area contributed by atoms with E-state index in [0.29, 0.717) is 16.7 Å². The topological polar surface area (TPSA) is 59.9 Å². The molecule has 3 nitrogen and oxygen atoms in total. The fourth-order valence-corrected chi connectivity index (χ4v) is 1.11. The summed E-state index contributed by atoms with van der Waals surface area (Å²) in [5, 5.41) is 17.4. The molecule has 0 aliphatic heterocycles. The van der Waals surface area contributed by atoms with Crippen molar-refractivity contribution in [3.05, 3.63) is 54.2 Å². The Morgan fingerprint density at radius 2 is 1.94 bits per heavy atom. The predicted octanol–water partition coefficient (Wildman–Crippen LogP) is 2.68. The van der Waals surface area contributed by atoms with E-state index < -0.39 is 0 Å². The Morgan fingerprint density at radius 1 is 1.25 bits per heavy atom. The molecule has 0 N–H and O–H groups in total. The van der Waals surface area contributed by atoms with Gasteiger partial charge in [-0.05, 0) is 11.6 Å². The number of rotatable bonds is 3. The third-order valence-corrected chi connectivity index (χ3v) is 1.90. The maximum Gasteiger partial charge on any atom is 0.133 e. The van der Waals surface area contributed by atoms with Gasteiger partial charge in [-0.15, -0.1) is 0 Å². The minimum atomic E-state index is 0.107. The standard InChI is InChI=1S/C13H9N3/c1-10(9-16-11(2)7-14)13-6-4-3-5-12(13)8-15/h3-6,9H,1-2H2. The lowest BCUT2D eigenvalue weighted by molar-refractivity contribution is 1.41. The quantitative estimate of drug-likeness (QED) is 0.565. The summed E-state index contributed by atoms with van der Waals surface area (Å²) in [6.07, 6.45) is 1.43. The van der Waals surface area contributed by atoms with Crippen LogP contribution in [-0.2, 0) is 0 Å². The van der Waals surface area contributed by atoms with Gasteiger partial charge in [0.25, 0.3) is 0 Å². The second-order valence-electron chi connectivity index (χ2n) is 3.00. The van der Waals surface area contributed by atoms with E-state index >= 15 is 0 Å². The van der Waals surface area contributed by atoms with Crippen molar-refractivity contribution in [1.29, 1.82) is 10.5 Å². The molecule has 0 amide bonds. The van der Waals surface area contributed by atoms with E-state index in [-0.39, 0.29) is 5.70 Å². The number of hydrogen-bond donors (Lipinski definition) is 0. The Morgan fingerprint density at radius 3 is 2.56 bits per heavy atom. The molecule has 0 spiro atoms. The Balaban J connectivity index is 2.99.